The molecule has 0 radical (unpaired) electrons. The van der Waals surface area contributed by atoms with Crippen LogP contribution in [-0.4, -0.2) is 20.2 Å². The summed E-state index contributed by atoms with van der Waals surface area (Å²) >= 11 is 0. The van der Waals surface area contributed by atoms with Crippen molar-refractivity contribution in [3.8, 4) is 0 Å². The summed E-state index contributed by atoms with van der Waals surface area (Å²) in [7, 11) is 0. The molecule has 1 aromatic carbocycles. The van der Waals surface area contributed by atoms with Crippen LogP contribution in [0.25, 0.3) is 23.1 Å². The van der Waals surface area contributed by atoms with Crippen molar-refractivity contribution < 1.29 is 8.78 Å². The van der Waals surface area contributed by atoms with Gasteiger partial charge in [-0.1, -0.05) is 6.07 Å². The third-order valence-corrected chi connectivity index (χ3v) is 4.33. The molecular formula is C21H17F2N5. The number of nitrogens with zero attached hydrogens (tertiary/aromatic N) is 3. The van der Waals surface area contributed by atoms with Crippen molar-refractivity contribution in [2.45, 2.75) is 13.0 Å². The average Bonchev–Trinajstić information content (AvgIpc) is 3.09. The highest BCUT2D eigenvalue weighted by atomic mass is 19.1. The summed E-state index contributed by atoms with van der Waals surface area (Å²) in [4.78, 5) is 8.59. The maximum absolute atomic E-state index is 13.5. The zero-order chi connectivity index (χ0) is 19.5. The van der Waals surface area contributed by atoms with Gasteiger partial charge in [0.1, 0.15) is 17.5 Å². The van der Waals surface area contributed by atoms with Crippen LogP contribution in [0.5, 0.6) is 0 Å². The molecule has 0 saturated heterocycles. The third kappa shape index (κ3) is 3.88. The Morgan fingerprint density at radius 1 is 1.04 bits per heavy atom. The molecule has 0 amide bonds. The van der Waals surface area contributed by atoms with Crippen LogP contribution in [0, 0.1) is 11.6 Å². The van der Waals surface area contributed by atoms with Crippen LogP contribution in [0.1, 0.15) is 29.9 Å². The molecule has 0 bridgehead atoms. The summed E-state index contributed by atoms with van der Waals surface area (Å²) in [5.41, 5.74) is 2.86. The minimum Gasteiger partial charge on any atom is -0.364 e. The van der Waals surface area contributed by atoms with Gasteiger partial charge in [-0.25, -0.2) is 13.8 Å². The largest absolute Gasteiger partial charge is 0.364 e. The fraction of sp³-hybridized carbons (Fsp3) is 0.0952. The van der Waals surface area contributed by atoms with Crippen molar-refractivity contribution in [3.63, 3.8) is 0 Å². The van der Waals surface area contributed by atoms with E-state index < -0.39 is 11.6 Å². The Hall–Kier alpha value is -3.61. The van der Waals surface area contributed by atoms with E-state index in [2.05, 4.69) is 25.5 Å². The number of pyridine rings is 2. The van der Waals surface area contributed by atoms with Gasteiger partial charge in [-0.15, -0.1) is 0 Å². The molecule has 0 aliphatic heterocycles. The number of rotatable bonds is 5. The fourth-order valence-corrected chi connectivity index (χ4v) is 2.91. The SMILES string of the molecule is C[C@@H](Nc1cc2c(/C=C/c3ccccn3)n[nH]c2cn1)c1cc(F)cc(F)c1. The van der Waals surface area contributed by atoms with Crippen molar-refractivity contribution in [2.24, 2.45) is 0 Å². The molecule has 5 nitrogen and oxygen atoms in total. The lowest BCUT2D eigenvalue weighted by Gasteiger charge is -2.15. The van der Waals surface area contributed by atoms with Crippen molar-refractivity contribution in [1.82, 2.24) is 20.2 Å². The Morgan fingerprint density at radius 3 is 2.61 bits per heavy atom. The molecule has 1 atom stereocenters. The van der Waals surface area contributed by atoms with Gasteiger partial charge in [-0.05, 0) is 55.0 Å². The number of hydrogen-bond acceptors (Lipinski definition) is 4. The molecule has 0 unspecified atom stereocenters. The minimum absolute atomic E-state index is 0.324. The standard InChI is InChI=1S/C21H17F2N5/c1-13(14-8-15(22)10-16(23)9-14)26-21-11-18-19(27-28-20(18)12-25-21)6-5-17-4-2-3-7-24-17/h2-13H,1H3,(H,25,26)(H,27,28)/b6-5+/t13-/m1/s1. The summed E-state index contributed by atoms with van der Waals surface area (Å²) < 4.78 is 26.9. The zero-order valence-corrected chi connectivity index (χ0v) is 15.0. The van der Waals surface area contributed by atoms with Gasteiger partial charge in [-0.3, -0.25) is 10.1 Å². The second-order valence-electron chi connectivity index (χ2n) is 6.38. The smallest absolute Gasteiger partial charge is 0.127 e. The summed E-state index contributed by atoms with van der Waals surface area (Å²) in [6.45, 7) is 1.82. The van der Waals surface area contributed by atoms with Crippen LogP contribution < -0.4 is 5.32 Å². The lowest BCUT2D eigenvalue weighted by molar-refractivity contribution is 0.577. The van der Waals surface area contributed by atoms with Gasteiger partial charge in [0, 0.05) is 17.6 Å². The van der Waals surface area contributed by atoms with Gasteiger partial charge in [0.15, 0.2) is 0 Å². The Kier molecular flexibility index (Phi) is 4.80. The fourth-order valence-electron chi connectivity index (χ4n) is 2.91. The van der Waals surface area contributed by atoms with Crippen LogP contribution >= 0.6 is 0 Å². The molecule has 0 aliphatic rings. The lowest BCUT2D eigenvalue weighted by atomic mass is 10.1. The van der Waals surface area contributed by atoms with Crippen LogP contribution in [0.2, 0.25) is 0 Å². The summed E-state index contributed by atoms with van der Waals surface area (Å²) in [5, 5.41) is 11.3. The second-order valence-corrected chi connectivity index (χ2v) is 6.38. The number of anilines is 1. The van der Waals surface area contributed by atoms with E-state index in [0.29, 0.717) is 11.4 Å². The molecule has 2 N–H and O–H groups in total. The molecule has 0 spiro atoms. The number of nitrogens with one attached hydrogen (secondary N) is 2. The van der Waals surface area contributed by atoms with E-state index in [1.807, 2.05) is 43.3 Å². The topological polar surface area (TPSA) is 66.5 Å². The number of fused-ring (bicyclic) bond motifs is 1. The molecule has 4 rings (SSSR count). The molecule has 7 heteroatoms. The second kappa shape index (κ2) is 7.56. The number of aromatic nitrogens is 4. The maximum Gasteiger partial charge on any atom is 0.127 e. The highest BCUT2D eigenvalue weighted by Gasteiger charge is 2.11. The molecule has 0 fully saturated rings. The first-order valence-corrected chi connectivity index (χ1v) is 8.74. The lowest BCUT2D eigenvalue weighted by Crippen LogP contribution is -2.08. The highest BCUT2D eigenvalue weighted by Crippen LogP contribution is 2.24. The first-order valence-electron chi connectivity index (χ1n) is 8.74. The van der Waals surface area contributed by atoms with Gasteiger partial charge in [-0.2, -0.15) is 5.10 Å². The maximum atomic E-state index is 13.5. The number of H-pyrrole nitrogens is 1. The van der Waals surface area contributed by atoms with E-state index in [0.717, 1.165) is 28.4 Å². The van der Waals surface area contributed by atoms with Crippen LogP contribution in [0.15, 0.2) is 54.9 Å². The molecule has 0 saturated carbocycles. The van der Waals surface area contributed by atoms with E-state index in [9.17, 15) is 8.78 Å². The van der Waals surface area contributed by atoms with Gasteiger partial charge < -0.3 is 5.32 Å². The van der Waals surface area contributed by atoms with Crippen molar-refractivity contribution in [3.05, 3.63) is 83.4 Å². The van der Waals surface area contributed by atoms with E-state index in [4.69, 9.17) is 0 Å². The van der Waals surface area contributed by atoms with Gasteiger partial charge >= 0.3 is 0 Å². The van der Waals surface area contributed by atoms with Gasteiger partial charge in [0.25, 0.3) is 0 Å². The predicted molar refractivity (Wildman–Crippen MR) is 105 cm³/mol. The Labute approximate surface area is 160 Å². The predicted octanol–water partition coefficient (Wildman–Crippen LogP) is 4.97. The molecular weight excluding hydrogens is 360 g/mol. The molecule has 0 aliphatic carbocycles. The van der Waals surface area contributed by atoms with Gasteiger partial charge in [0.2, 0.25) is 0 Å². The Morgan fingerprint density at radius 2 is 1.86 bits per heavy atom. The Bertz CT molecular complexity index is 1120. The zero-order valence-electron chi connectivity index (χ0n) is 15.0. The van der Waals surface area contributed by atoms with Crippen molar-refractivity contribution >= 4 is 28.9 Å². The molecule has 140 valence electrons. The molecule has 4 aromatic rings. The third-order valence-electron chi connectivity index (χ3n) is 4.33. The monoisotopic (exact) mass is 377 g/mol. The van der Waals surface area contributed by atoms with Crippen molar-refractivity contribution in [2.75, 3.05) is 5.32 Å². The van der Waals surface area contributed by atoms with E-state index in [-0.39, 0.29) is 6.04 Å². The number of benzene rings is 1. The van der Waals surface area contributed by atoms with Crippen molar-refractivity contribution in [1.29, 1.82) is 0 Å². The van der Waals surface area contributed by atoms with E-state index in [1.54, 1.807) is 12.4 Å². The number of halogens is 2. The first kappa shape index (κ1) is 17.8. The van der Waals surface area contributed by atoms with Gasteiger partial charge in [0.05, 0.1) is 29.1 Å². The summed E-state index contributed by atoms with van der Waals surface area (Å²) in [6, 6.07) is 10.7. The van der Waals surface area contributed by atoms with Crippen LogP contribution in [0.3, 0.4) is 0 Å². The Balaban J connectivity index is 1.59. The molecule has 3 aromatic heterocycles. The highest BCUT2D eigenvalue weighted by molar-refractivity contribution is 5.90. The number of hydrogen-bond donors (Lipinski definition) is 2. The summed E-state index contributed by atoms with van der Waals surface area (Å²) in [6.07, 6.45) is 7.14. The van der Waals surface area contributed by atoms with Crippen LogP contribution in [-0.2, 0) is 0 Å². The average molecular weight is 377 g/mol. The minimum atomic E-state index is -0.608. The quantitative estimate of drug-likeness (QED) is 0.515. The van der Waals surface area contributed by atoms with E-state index >= 15 is 0 Å². The molecule has 3 heterocycles. The van der Waals surface area contributed by atoms with E-state index in [1.165, 1.54) is 12.1 Å². The first-order chi connectivity index (χ1) is 13.6. The normalized spacial score (nSPS) is 12.5. The number of aromatic amines is 1. The molecule has 28 heavy (non-hydrogen) atoms. The summed E-state index contributed by atoms with van der Waals surface area (Å²) in [5.74, 6) is -0.633. The van der Waals surface area contributed by atoms with Crippen LogP contribution in [0.4, 0.5) is 14.6 Å².